The fourth-order valence-corrected chi connectivity index (χ4v) is 4.23. The predicted molar refractivity (Wildman–Crippen MR) is 90.2 cm³/mol. The molecule has 0 aliphatic carbocycles. The van der Waals surface area contributed by atoms with Gasteiger partial charge in [-0.05, 0) is 42.8 Å². The van der Waals surface area contributed by atoms with Gasteiger partial charge in [-0.3, -0.25) is 0 Å². The summed E-state index contributed by atoms with van der Waals surface area (Å²) in [7, 11) is -1.89. The van der Waals surface area contributed by atoms with Crippen LogP contribution in [0.1, 0.15) is 6.42 Å². The highest BCUT2D eigenvalue weighted by Crippen LogP contribution is 2.24. The van der Waals surface area contributed by atoms with Gasteiger partial charge in [-0.25, -0.2) is 8.42 Å². The molecule has 0 radical (unpaired) electrons. The van der Waals surface area contributed by atoms with Crippen LogP contribution in [0.4, 0.5) is 5.69 Å². The van der Waals surface area contributed by atoms with Gasteiger partial charge in [0.1, 0.15) is 5.75 Å². The Bertz CT molecular complexity index is 745. The minimum absolute atomic E-state index is 0.130. The Hall–Kier alpha value is -2.05. The van der Waals surface area contributed by atoms with Crippen molar-refractivity contribution in [2.24, 2.45) is 0 Å². The van der Waals surface area contributed by atoms with Gasteiger partial charge in [0, 0.05) is 24.8 Å². The zero-order chi connectivity index (χ0) is 16.3. The van der Waals surface area contributed by atoms with Crippen molar-refractivity contribution >= 4 is 15.7 Å². The number of ether oxygens (including phenoxy) is 1. The third kappa shape index (κ3) is 3.48. The molecule has 0 bridgehead atoms. The highest BCUT2D eigenvalue weighted by atomic mass is 32.2. The van der Waals surface area contributed by atoms with Gasteiger partial charge >= 0.3 is 0 Å². The Balaban J connectivity index is 1.69. The van der Waals surface area contributed by atoms with Gasteiger partial charge in [0.05, 0.1) is 12.0 Å². The van der Waals surface area contributed by atoms with E-state index in [2.05, 4.69) is 5.32 Å². The monoisotopic (exact) mass is 332 g/mol. The molecule has 0 spiro atoms. The summed E-state index contributed by atoms with van der Waals surface area (Å²) < 4.78 is 32.0. The SMILES string of the molecule is COc1ccc(S(=O)(=O)N2CCC(Nc3ccccc3)C2)cc1. The Morgan fingerprint density at radius 2 is 1.78 bits per heavy atom. The van der Waals surface area contributed by atoms with Crippen molar-refractivity contribution in [2.45, 2.75) is 17.4 Å². The van der Waals surface area contributed by atoms with Crippen molar-refractivity contribution in [3.63, 3.8) is 0 Å². The quantitative estimate of drug-likeness (QED) is 0.914. The zero-order valence-corrected chi connectivity index (χ0v) is 13.8. The first-order valence-corrected chi connectivity index (χ1v) is 8.99. The molecular formula is C17H20N2O3S. The summed E-state index contributed by atoms with van der Waals surface area (Å²) in [6, 6.07) is 16.5. The van der Waals surface area contributed by atoms with Gasteiger partial charge in [-0.15, -0.1) is 0 Å². The van der Waals surface area contributed by atoms with E-state index in [9.17, 15) is 8.42 Å². The van der Waals surface area contributed by atoms with Gasteiger partial charge in [-0.1, -0.05) is 18.2 Å². The fourth-order valence-electron chi connectivity index (χ4n) is 2.73. The molecule has 1 aliphatic rings. The van der Waals surface area contributed by atoms with Crippen LogP contribution in [0.2, 0.25) is 0 Å². The van der Waals surface area contributed by atoms with E-state index >= 15 is 0 Å². The lowest BCUT2D eigenvalue weighted by Gasteiger charge is -2.18. The minimum atomic E-state index is -3.45. The van der Waals surface area contributed by atoms with E-state index in [0.717, 1.165) is 12.1 Å². The van der Waals surface area contributed by atoms with Crippen LogP contribution in [0.3, 0.4) is 0 Å². The van der Waals surface area contributed by atoms with Crippen LogP contribution in [0.15, 0.2) is 59.5 Å². The lowest BCUT2D eigenvalue weighted by molar-refractivity contribution is 0.414. The average Bonchev–Trinajstić information content (AvgIpc) is 3.05. The van der Waals surface area contributed by atoms with Crippen LogP contribution in [0.25, 0.3) is 0 Å². The summed E-state index contributed by atoms with van der Waals surface area (Å²) in [5.74, 6) is 0.647. The Morgan fingerprint density at radius 1 is 1.09 bits per heavy atom. The van der Waals surface area contributed by atoms with E-state index in [1.54, 1.807) is 31.4 Å². The molecule has 23 heavy (non-hydrogen) atoms. The Labute approximate surface area is 136 Å². The summed E-state index contributed by atoms with van der Waals surface area (Å²) in [4.78, 5) is 0.304. The maximum absolute atomic E-state index is 12.7. The molecule has 1 heterocycles. The van der Waals surface area contributed by atoms with Gasteiger partial charge in [0.15, 0.2) is 0 Å². The molecular weight excluding hydrogens is 312 g/mol. The first-order valence-electron chi connectivity index (χ1n) is 7.55. The minimum Gasteiger partial charge on any atom is -0.497 e. The van der Waals surface area contributed by atoms with Crippen LogP contribution in [-0.2, 0) is 10.0 Å². The van der Waals surface area contributed by atoms with Crippen molar-refractivity contribution < 1.29 is 13.2 Å². The number of nitrogens with zero attached hydrogens (tertiary/aromatic N) is 1. The first-order chi connectivity index (χ1) is 11.1. The van der Waals surface area contributed by atoms with E-state index in [1.807, 2.05) is 30.3 Å². The number of sulfonamides is 1. The fraction of sp³-hybridized carbons (Fsp3) is 0.294. The highest BCUT2D eigenvalue weighted by Gasteiger charge is 2.32. The van der Waals surface area contributed by atoms with E-state index in [1.165, 1.54) is 4.31 Å². The lowest BCUT2D eigenvalue weighted by Crippen LogP contribution is -2.31. The maximum Gasteiger partial charge on any atom is 0.243 e. The van der Waals surface area contributed by atoms with E-state index in [-0.39, 0.29) is 6.04 Å². The molecule has 6 heteroatoms. The number of nitrogens with one attached hydrogen (secondary N) is 1. The van der Waals surface area contributed by atoms with Crippen LogP contribution >= 0.6 is 0 Å². The number of para-hydroxylation sites is 1. The van der Waals surface area contributed by atoms with Gasteiger partial charge in [0.2, 0.25) is 10.0 Å². The molecule has 0 saturated carbocycles. The number of benzene rings is 2. The standard InChI is InChI=1S/C17H20N2O3S/c1-22-16-7-9-17(10-8-16)23(20,21)19-12-11-15(13-19)18-14-5-3-2-4-6-14/h2-10,15,18H,11-13H2,1H3. The molecule has 122 valence electrons. The third-order valence-electron chi connectivity index (χ3n) is 3.99. The summed E-state index contributed by atoms with van der Waals surface area (Å²) in [6.07, 6.45) is 0.796. The predicted octanol–water partition coefficient (Wildman–Crippen LogP) is 2.57. The van der Waals surface area contributed by atoms with Gasteiger partial charge in [-0.2, -0.15) is 4.31 Å². The Kier molecular flexibility index (Phi) is 4.54. The van der Waals surface area contributed by atoms with Crippen LogP contribution < -0.4 is 10.1 Å². The summed E-state index contributed by atoms with van der Waals surface area (Å²) in [5, 5.41) is 3.39. The molecule has 1 N–H and O–H groups in total. The van der Waals surface area contributed by atoms with Crippen LogP contribution in [0, 0.1) is 0 Å². The maximum atomic E-state index is 12.7. The van der Waals surface area contributed by atoms with Crippen LogP contribution in [0.5, 0.6) is 5.75 Å². The second-order valence-corrected chi connectivity index (χ2v) is 7.47. The van der Waals surface area contributed by atoms with E-state index < -0.39 is 10.0 Å². The number of hydrogen-bond donors (Lipinski definition) is 1. The molecule has 0 amide bonds. The molecule has 1 fully saturated rings. The molecule has 2 aromatic carbocycles. The smallest absolute Gasteiger partial charge is 0.243 e. The average molecular weight is 332 g/mol. The molecule has 1 unspecified atom stereocenters. The van der Waals surface area contributed by atoms with Crippen molar-refractivity contribution in [1.82, 2.24) is 4.31 Å². The molecule has 1 saturated heterocycles. The molecule has 2 aromatic rings. The molecule has 0 aromatic heterocycles. The Morgan fingerprint density at radius 3 is 2.43 bits per heavy atom. The topological polar surface area (TPSA) is 58.6 Å². The van der Waals surface area contributed by atoms with Gasteiger partial charge < -0.3 is 10.1 Å². The highest BCUT2D eigenvalue weighted by molar-refractivity contribution is 7.89. The summed E-state index contributed by atoms with van der Waals surface area (Å²) in [6.45, 7) is 1.00. The normalized spacial score (nSPS) is 18.7. The van der Waals surface area contributed by atoms with Crippen molar-refractivity contribution in [3.05, 3.63) is 54.6 Å². The lowest BCUT2D eigenvalue weighted by atomic mass is 10.2. The van der Waals surface area contributed by atoms with E-state index in [0.29, 0.717) is 23.7 Å². The largest absolute Gasteiger partial charge is 0.497 e. The number of anilines is 1. The molecule has 1 atom stereocenters. The molecule has 3 rings (SSSR count). The van der Waals surface area contributed by atoms with Crippen molar-refractivity contribution in [1.29, 1.82) is 0 Å². The summed E-state index contributed by atoms with van der Waals surface area (Å²) in [5.41, 5.74) is 1.01. The molecule has 1 aliphatic heterocycles. The third-order valence-corrected chi connectivity index (χ3v) is 5.87. The second kappa shape index (κ2) is 6.60. The zero-order valence-electron chi connectivity index (χ0n) is 13.0. The number of methoxy groups -OCH3 is 1. The number of hydrogen-bond acceptors (Lipinski definition) is 4. The van der Waals surface area contributed by atoms with E-state index in [4.69, 9.17) is 4.74 Å². The number of rotatable bonds is 5. The van der Waals surface area contributed by atoms with Crippen molar-refractivity contribution in [2.75, 3.05) is 25.5 Å². The summed E-state index contributed by atoms with van der Waals surface area (Å²) >= 11 is 0. The second-order valence-electron chi connectivity index (χ2n) is 5.53. The van der Waals surface area contributed by atoms with Gasteiger partial charge in [0.25, 0.3) is 0 Å². The first kappa shape index (κ1) is 15.8. The van der Waals surface area contributed by atoms with Crippen LogP contribution in [-0.4, -0.2) is 39.0 Å². The van der Waals surface area contributed by atoms with Crippen molar-refractivity contribution in [3.8, 4) is 5.75 Å². The molecule has 5 nitrogen and oxygen atoms in total.